The van der Waals surface area contributed by atoms with Crippen molar-refractivity contribution in [3.63, 3.8) is 0 Å². The fourth-order valence-electron chi connectivity index (χ4n) is 3.82. The van der Waals surface area contributed by atoms with Crippen molar-refractivity contribution >= 4 is 22.6 Å². The lowest BCUT2D eigenvalue weighted by Crippen LogP contribution is -2.27. The molecular weight excluding hydrogens is 410 g/mol. The number of hydrogen-bond donors (Lipinski definition) is 3. The molecule has 0 saturated heterocycles. The van der Waals surface area contributed by atoms with Crippen LogP contribution < -0.4 is 10.1 Å². The molecule has 0 aromatic carbocycles. The first-order valence-corrected chi connectivity index (χ1v) is 10.5. The fourth-order valence-corrected chi connectivity index (χ4v) is 3.82. The minimum atomic E-state index is -0.274. The third-order valence-electron chi connectivity index (χ3n) is 5.54. The lowest BCUT2D eigenvalue weighted by atomic mass is 9.95. The molecule has 0 spiro atoms. The summed E-state index contributed by atoms with van der Waals surface area (Å²) in [6.07, 6.45) is 9.35. The summed E-state index contributed by atoms with van der Waals surface area (Å²) >= 11 is 0. The molecule has 0 atom stereocenters. The number of amides is 1. The van der Waals surface area contributed by atoms with Crippen LogP contribution in [0.2, 0.25) is 0 Å². The summed E-state index contributed by atoms with van der Waals surface area (Å²) in [4.78, 5) is 28.8. The minimum absolute atomic E-state index is 0.0200. The molecule has 4 aromatic heterocycles. The van der Waals surface area contributed by atoms with Gasteiger partial charge in [-0.3, -0.25) is 9.48 Å². The molecule has 32 heavy (non-hydrogen) atoms. The van der Waals surface area contributed by atoms with Gasteiger partial charge < -0.3 is 20.1 Å². The molecule has 164 valence electrons. The predicted molar refractivity (Wildman–Crippen MR) is 117 cm³/mol. The van der Waals surface area contributed by atoms with Gasteiger partial charge in [0.1, 0.15) is 11.9 Å². The van der Waals surface area contributed by atoms with Crippen LogP contribution in [0, 0.1) is 0 Å². The molecule has 4 aromatic rings. The van der Waals surface area contributed by atoms with E-state index in [4.69, 9.17) is 4.74 Å². The second kappa shape index (κ2) is 8.39. The van der Waals surface area contributed by atoms with E-state index in [-0.39, 0.29) is 18.1 Å². The Morgan fingerprint density at radius 2 is 2.06 bits per heavy atom. The van der Waals surface area contributed by atoms with Crippen molar-refractivity contribution in [2.45, 2.75) is 37.9 Å². The predicted octanol–water partition coefficient (Wildman–Crippen LogP) is 2.69. The van der Waals surface area contributed by atoms with Gasteiger partial charge >= 0.3 is 6.01 Å². The van der Waals surface area contributed by atoms with Crippen molar-refractivity contribution in [2.24, 2.45) is 7.05 Å². The van der Waals surface area contributed by atoms with Crippen LogP contribution in [0.3, 0.4) is 0 Å². The summed E-state index contributed by atoms with van der Waals surface area (Å²) in [6, 6.07) is 5.85. The van der Waals surface area contributed by atoms with Crippen molar-refractivity contribution in [2.75, 3.05) is 5.32 Å². The number of ether oxygens (including phenoxy) is 1. The van der Waals surface area contributed by atoms with Crippen LogP contribution in [-0.4, -0.2) is 52.9 Å². The number of pyridine rings is 1. The molecule has 0 aliphatic heterocycles. The molecule has 0 radical (unpaired) electrons. The summed E-state index contributed by atoms with van der Waals surface area (Å²) in [6.45, 7) is 0. The maximum Gasteiger partial charge on any atom is 0.317 e. The maximum absolute atomic E-state index is 12.3. The molecule has 1 saturated carbocycles. The maximum atomic E-state index is 12.3. The van der Waals surface area contributed by atoms with E-state index < -0.39 is 0 Å². The van der Waals surface area contributed by atoms with E-state index in [0.29, 0.717) is 23.1 Å². The molecular formula is C22H23N7O3. The number of aliphatic hydroxyl groups is 1. The van der Waals surface area contributed by atoms with Gasteiger partial charge in [-0.2, -0.15) is 10.1 Å². The first kappa shape index (κ1) is 20.1. The van der Waals surface area contributed by atoms with Gasteiger partial charge in [0.2, 0.25) is 0 Å². The number of hydrogen-bond acceptors (Lipinski definition) is 7. The largest absolute Gasteiger partial charge is 0.460 e. The zero-order valence-corrected chi connectivity index (χ0v) is 17.5. The molecule has 10 heteroatoms. The molecule has 3 N–H and O–H groups in total. The number of aromatic amines is 1. The first-order valence-electron chi connectivity index (χ1n) is 10.5. The van der Waals surface area contributed by atoms with E-state index in [2.05, 4.69) is 30.4 Å². The highest BCUT2D eigenvalue weighted by Crippen LogP contribution is 2.26. The number of rotatable bonds is 5. The summed E-state index contributed by atoms with van der Waals surface area (Å²) in [5.41, 5.74) is 2.77. The average Bonchev–Trinajstić information content (AvgIpc) is 3.41. The highest BCUT2D eigenvalue weighted by atomic mass is 16.5. The van der Waals surface area contributed by atoms with Crippen molar-refractivity contribution < 1.29 is 14.6 Å². The van der Waals surface area contributed by atoms with Gasteiger partial charge in [-0.1, -0.05) is 0 Å². The van der Waals surface area contributed by atoms with E-state index in [1.165, 1.54) is 6.20 Å². The Hall–Kier alpha value is -3.79. The average molecular weight is 433 g/mol. The molecule has 10 nitrogen and oxygen atoms in total. The third kappa shape index (κ3) is 4.30. The monoisotopic (exact) mass is 433 g/mol. The SMILES string of the molecule is Cn1cc(C(=O)Nc2cc3[nH]c(-c4ccnc(O[C@H]5CC[C@@H](O)CC5)n4)cc3cn2)cn1. The van der Waals surface area contributed by atoms with Crippen molar-refractivity contribution in [3.8, 4) is 17.4 Å². The van der Waals surface area contributed by atoms with Gasteiger partial charge in [-0.25, -0.2) is 9.97 Å². The van der Waals surface area contributed by atoms with Gasteiger partial charge in [-0.05, 0) is 37.8 Å². The minimum Gasteiger partial charge on any atom is -0.460 e. The highest BCUT2D eigenvalue weighted by Gasteiger charge is 2.21. The zero-order chi connectivity index (χ0) is 22.1. The van der Waals surface area contributed by atoms with Crippen LogP contribution in [0.4, 0.5) is 5.82 Å². The third-order valence-corrected chi connectivity index (χ3v) is 5.54. The standard InChI is InChI=1S/C22H23N7O3/c1-29-12-14(11-25-29)21(31)28-20-9-18-13(10-24-20)8-19(26-18)17-6-7-23-22(27-17)32-16-4-2-15(30)3-5-16/h6-12,15-16,26,30H,2-5H2,1H3,(H,24,28,31)/t15-,16+. The molecule has 1 amide bonds. The molecule has 0 bridgehead atoms. The Balaban J connectivity index is 1.33. The number of aliphatic hydroxyl groups excluding tert-OH is 1. The van der Waals surface area contributed by atoms with E-state index >= 15 is 0 Å². The summed E-state index contributed by atoms with van der Waals surface area (Å²) < 4.78 is 7.50. The Morgan fingerprint density at radius 3 is 2.84 bits per heavy atom. The molecule has 1 aliphatic rings. The van der Waals surface area contributed by atoms with Crippen molar-refractivity contribution in [1.82, 2.24) is 29.7 Å². The number of fused-ring (bicyclic) bond motifs is 1. The van der Waals surface area contributed by atoms with Crippen molar-refractivity contribution in [3.05, 3.63) is 48.5 Å². The fraction of sp³-hybridized carbons (Fsp3) is 0.318. The lowest BCUT2D eigenvalue weighted by molar-refractivity contribution is 0.0619. The summed E-state index contributed by atoms with van der Waals surface area (Å²) in [5.74, 6) is 0.163. The van der Waals surface area contributed by atoms with E-state index in [0.717, 1.165) is 42.3 Å². The number of nitrogens with one attached hydrogen (secondary N) is 2. The number of carbonyl (C=O) groups excluding carboxylic acids is 1. The normalized spacial score (nSPS) is 18.6. The number of nitrogens with zero attached hydrogens (tertiary/aromatic N) is 5. The van der Waals surface area contributed by atoms with Crippen LogP contribution in [0.25, 0.3) is 22.3 Å². The van der Waals surface area contributed by atoms with Crippen LogP contribution >= 0.6 is 0 Å². The quantitative estimate of drug-likeness (QED) is 0.441. The number of H-pyrrole nitrogens is 1. The second-order valence-electron chi connectivity index (χ2n) is 7.97. The molecule has 0 unspecified atom stereocenters. The number of aromatic nitrogens is 6. The topological polar surface area (TPSA) is 131 Å². The van der Waals surface area contributed by atoms with Crippen LogP contribution in [0.5, 0.6) is 6.01 Å². The van der Waals surface area contributed by atoms with Crippen molar-refractivity contribution in [1.29, 1.82) is 0 Å². The molecule has 1 fully saturated rings. The Labute approximate surface area is 183 Å². The zero-order valence-electron chi connectivity index (χ0n) is 17.5. The first-order chi connectivity index (χ1) is 15.5. The van der Waals surface area contributed by atoms with E-state index in [1.807, 2.05) is 6.07 Å². The Kier molecular flexibility index (Phi) is 5.28. The number of anilines is 1. The Bertz CT molecular complexity index is 1260. The Morgan fingerprint density at radius 1 is 1.22 bits per heavy atom. The molecule has 4 heterocycles. The van der Waals surface area contributed by atoms with Gasteiger partial charge in [0.05, 0.1) is 34.8 Å². The van der Waals surface area contributed by atoms with Gasteiger partial charge in [-0.15, -0.1) is 0 Å². The van der Waals surface area contributed by atoms with Gasteiger partial charge in [0.15, 0.2) is 0 Å². The van der Waals surface area contributed by atoms with Crippen LogP contribution in [0.15, 0.2) is 43.0 Å². The van der Waals surface area contributed by atoms with Gasteiger partial charge in [0.25, 0.3) is 5.91 Å². The highest BCUT2D eigenvalue weighted by molar-refractivity contribution is 6.04. The van der Waals surface area contributed by atoms with E-state index in [1.54, 1.807) is 42.5 Å². The lowest BCUT2D eigenvalue weighted by Gasteiger charge is -2.25. The number of carbonyl (C=O) groups is 1. The van der Waals surface area contributed by atoms with Gasteiger partial charge in [0, 0.05) is 37.1 Å². The smallest absolute Gasteiger partial charge is 0.317 e. The van der Waals surface area contributed by atoms with Crippen LogP contribution in [-0.2, 0) is 7.05 Å². The van der Waals surface area contributed by atoms with E-state index in [9.17, 15) is 9.90 Å². The summed E-state index contributed by atoms with van der Waals surface area (Å²) in [5, 5.41) is 17.3. The summed E-state index contributed by atoms with van der Waals surface area (Å²) in [7, 11) is 1.75. The number of aryl methyl sites for hydroxylation is 1. The second-order valence-corrected chi connectivity index (χ2v) is 7.97. The van der Waals surface area contributed by atoms with Crippen LogP contribution in [0.1, 0.15) is 36.0 Å². The molecule has 1 aliphatic carbocycles. The molecule has 5 rings (SSSR count).